The number of thioether (sulfide) groups is 1. The summed E-state index contributed by atoms with van der Waals surface area (Å²) < 4.78 is 43.8. The van der Waals surface area contributed by atoms with E-state index in [0.717, 1.165) is 75.6 Å². The van der Waals surface area contributed by atoms with E-state index in [0.29, 0.717) is 18.7 Å². The predicted octanol–water partition coefficient (Wildman–Crippen LogP) is 8.82. The molecule has 0 amide bonds. The fraction of sp³-hybridized carbons (Fsp3) is 0.0488. The average Bonchev–Trinajstić information content (AvgIpc) is 3.70. The van der Waals surface area contributed by atoms with E-state index in [9.17, 15) is 18.2 Å². The quantitative estimate of drug-likeness (QED) is 0.0419. The third-order valence-corrected chi connectivity index (χ3v) is 12.5. The SMILES string of the molecule is O=S(=O)([O-])c1cccc(C[n+]2c(C=C3Sc4ccc(-c5ccccc5)cc4N3Cc3cccc(SOO[O-])c3)sc3ccc(-c4ccccc4)cc32)c1. The molecule has 0 N–H and O–H groups in total. The molecular weight excluding hydrogens is 745 g/mol. The number of aromatic nitrogens is 1. The maximum Gasteiger partial charge on any atom is 0.265 e. The van der Waals surface area contributed by atoms with Crippen molar-refractivity contribution >= 4 is 67.2 Å². The first-order chi connectivity index (χ1) is 25.8. The summed E-state index contributed by atoms with van der Waals surface area (Å²) in [6.07, 6.45) is 2.18. The summed E-state index contributed by atoms with van der Waals surface area (Å²) >= 11 is 4.18. The lowest BCUT2D eigenvalue weighted by molar-refractivity contribution is -0.777. The van der Waals surface area contributed by atoms with Crippen LogP contribution in [-0.2, 0) is 32.6 Å². The van der Waals surface area contributed by atoms with Crippen LogP contribution in [-0.4, -0.2) is 13.0 Å². The first-order valence-corrected chi connectivity index (χ1v) is 20.3. The van der Waals surface area contributed by atoms with Crippen LogP contribution in [0.1, 0.15) is 16.1 Å². The Morgan fingerprint density at radius 3 is 2.17 bits per heavy atom. The summed E-state index contributed by atoms with van der Waals surface area (Å²) in [6, 6.07) is 47.3. The predicted molar refractivity (Wildman–Crippen MR) is 207 cm³/mol. The number of benzene rings is 6. The van der Waals surface area contributed by atoms with Crippen LogP contribution in [0.15, 0.2) is 165 Å². The Kier molecular flexibility index (Phi) is 10.2. The molecule has 0 radical (unpaired) electrons. The van der Waals surface area contributed by atoms with Crippen LogP contribution in [0.25, 0.3) is 38.5 Å². The summed E-state index contributed by atoms with van der Waals surface area (Å²) in [5.74, 6) is 0. The second-order valence-corrected chi connectivity index (χ2v) is 16.5. The summed E-state index contributed by atoms with van der Waals surface area (Å²) in [5, 5.41) is 16.1. The molecule has 0 unspecified atom stereocenters. The molecule has 0 aliphatic carbocycles. The zero-order chi connectivity index (χ0) is 36.4. The lowest BCUT2D eigenvalue weighted by atomic mass is 10.0. The van der Waals surface area contributed by atoms with E-state index in [1.54, 1.807) is 29.2 Å². The summed E-state index contributed by atoms with van der Waals surface area (Å²) in [7, 11) is -4.63. The molecule has 1 aliphatic heterocycles. The van der Waals surface area contributed by atoms with Crippen molar-refractivity contribution in [1.82, 2.24) is 0 Å². The Balaban J connectivity index is 1.26. The normalized spacial score (nSPS) is 13.5. The molecule has 0 saturated heterocycles. The minimum Gasteiger partial charge on any atom is -0.744 e. The molecule has 12 heteroatoms. The van der Waals surface area contributed by atoms with Gasteiger partial charge in [0, 0.05) is 28.0 Å². The second-order valence-electron chi connectivity index (χ2n) is 12.3. The number of nitrogens with zero attached hydrogens (tertiary/aromatic N) is 2. The monoisotopic (exact) mass is 773 g/mol. The lowest BCUT2D eigenvalue weighted by Crippen LogP contribution is -2.36. The number of anilines is 1. The molecule has 1 aliphatic rings. The van der Waals surface area contributed by atoms with E-state index in [1.807, 2.05) is 66.7 Å². The van der Waals surface area contributed by atoms with E-state index in [1.165, 1.54) is 12.1 Å². The van der Waals surface area contributed by atoms with Crippen LogP contribution < -0.4 is 14.7 Å². The highest BCUT2D eigenvalue weighted by molar-refractivity contribution is 8.04. The third kappa shape index (κ3) is 7.81. The number of thiazole rings is 1. The molecule has 264 valence electrons. The minimum absolute atomic E-state index is 0.255. The first kappa shape index (κ1) is 35.3. The van der Waals surface area contributed by atoms with E-state index in [-0.39, 0.29) is 4.90 Å². The average molecular weight is 774 g/mol. The van der Waals surface area contributed by atoms with Gasteiger partial charge in [0.1, 0.15) is 14.8 Å². The van der Waals surface area contributed by atoms with E-state index in [4.69, 9.17) is 0 Å². The number of fused-ring (bicyclic) bond motifs is 2. The largest absolute Gasteiger partial charge is 0.744 e. The summed E-state index contributed by atoms with van der Waals surface area (Å²) in [4.78, 5) is 3.87. The van der Waals surface area contributed by atoms with Crippen LogP contribution in [0.3, 0.4) is 0 Å². The van der Waals surface area contributed by atoms with Crippen molar-refractivity contribution in [3.8, 4) is 22.3 Å². The molecule has 7 aromatic rings. The Hall–Kier alpha value is -4.76. The van der Waals surface area contributed by atoms with Crippen molar-refractivity contribution in [2.75, 3.05) is 4.90 Å². The van der Waals surface area contributed by atoms with E-state index in [2.05, 4.69) is 85.6 Å². The Labute approximate surface area is 319 Å². The number of rotatable bonds is 11. The Morgan fingerprint density at radius 1 is 0.736 bits per heavy atom. The molecule has 8 rings (SSSR count). The molecule has 1 aromatic heterocycles. The highest BCUT2D eigenvalue weighted by Crippen LogP contribution is 2.49. The highest BCUT2D eigenvalue weighted by atomic mass is 32.2. The van der Waals surface area contributed by atoms with Gasteiger partial charge in [-0.05, 0) is 70.3 Å². The van der Waals surface area contributed by atoms with Crippen molar-refractivity contribution in [3.05, 3.63) is 167 Å². The molecule has 8 nitrogen and oxygen atoms in total. The van der Waals surface area contributed by atoms with Crippen molar-refractivity contribution in [2.24, 2.45) is 0 Å². The highest BCUT2D eigenvalue weighted by Gasteiger charge is 2.29. The van der Waals surface area contributed by atoms with Gasteiger partial charge in [0.05, 0.1) is 33.7 Å². The van der Waals surface area contributed by atoms with Gasteiger partial charge < -0.3 is 14.7 Å². The van der Waals surface area contributed by atoms with Crippen LogP contribution in [0.4, 0.5) is 5.69 Å². The van der Waals surface area contributed by atoms with E-state index >= 15 is 0 Å². The minimum atomic E-state index is -4.63. The van der Waals surface area contributed by atoms with Gasteiger partial charge in [-0.1, -0.05) is 120 Å². The fourth-order valence-corrected chi connectivity index (χ4v) is 9.60. The number of hydrogen-bond donors (Lipinski definition) is 0. The Morgan fingerprint density at radius 2 is 1.43 bits per heavy atom. The zero-order valence-corrected chi connectivity index (χ0v) is 31.1. The standard InChI is InChI=1S/C41H30N2O6S4/c44-48-49-52-34-15-7-9-28(21-34)26-42-36-23-32(30-11-3-1-4-12-30)17-19-38(36)50-40(42)25-41-43(27-29-10-8-16-35(22-29)53(45,46)47)37-24-33(18-20-39(37)51-41)31-13-5-2-6-14-31/h1-25H,26-27H2,(H-,44,45,46,47)/p-1. The number of hydrogen-bond acceptors (Lipinski definition) is 10. The third-order valence-electron chi connectivity index (χ3n) is 8.85. The molecule has 0 spiro atoms. The van der Waals surface area contributed by atoms with Crippen LogP contribution in [0, 0.1) is 0 Å². The molecule has 0 saturated carbocycles. The molecule has 0 atom stereocenters. The van der Waals surface area contributed by atoms with Gasteiger partial charge in [-0.3, -0.25) is 5.04 Å². The van der Waals surface area contributed by atoms with Crippen molar-refractivity contribution in [3.63, 3.8) is 0 Å². The van der Waals surface area contributed by atoms with Gasteiger partial charge in [-0.2, -0.15) is 8.90 Å². The van der Waals surface area contributed by atoms with Crippen LogP contribution in [0.2, 0.25) is 0 Å². The van der Waals surface area contributed by atoms with Gasteiger partial charge in [0.2, 0.25) is 5.52 Å². The topological polar surface area (TPSA) is 106 Å². The van der Waals surface area contributed by atoms with Gasteiger partial charge in [0.15, 0.2) is 6.54 Å². The van der Waals surface area contributed by atoms with Crippen molar-refractivity contribution in [2.45, 2.75) is 27.8 Å². The van der Waals surface area contributed by atoms with Gasteiger partial charge >= 0.3 is 0 Å². The molecule has 2 heterocycles. The molecule has 6 aromatic carbocycles. The molecule has 53 heavy (non-hydrogen) atoms. The van der Waals surface area contributed by atoms with Gasteiger partial charge in [-0.15, -0.1) is 0 Å². The van der Waals surface area contributed by atoms with Crippen molar-refractivity contribution in [1.29, 1.82) is 0 Å². The summed E-state index contributed by atoms with van der Waals surface area (Å²) in [5.41, 5.74) is 8.10. The van der Waals surface area contributed by atoms with Gasteiger partial charge in [0.25, 0.3) is 5.01 Å². The smallest absolute Gasteiger partial charge is 0.265 e. The molecule has 0 bridgehead atoms. The van der Waals surface area contributed by atoms with E-state index < -0.39 is 10.1 Å². The van der Waals surface area contributed by atoms with Crippen molar-refractivity contribution < 1.29 is 32.2 Å². The maximum absolute atomic E-state index is 12.0. The van der Waals surface area contributed by atoms with Crippen LogP contribution in [0.5, 0.6) is 0 Å². The second kappa shape index (κ2) is 15.3. The maximum atomic E-state index is 12.0. The fourth-order valence-electron chi connectivity index (χ4n) is 6.38. The van der Waals surface area contributed by atoms with Crippen LogP contribution >= 0.6 is 35.1 Å². The van der Waals surface area contributed by atoms with Gasteiger partial charge in [-0.25, -0.2) is 8.42 Å². The Bertz CT molecular complexity index is 2580. The lowest BCUT2D eigenvalue weighted by Gasteiger charge is -2.21. The molecular formula is C41H29N2O6S4-. The first-order valence-electron chi connectivity index (χ1n) is 16.5. The summed E-state index contributed by atoms with van der Waals surface area (Å²) in [6.45, 7) is 0.876. The molecule has 0 fully saturated rings. The zero-order valence-electron chi connectivity index (χ0n) is 27.8.